The van der Waals surface area contributed by atoms with Crippen molar-refractivity contribution < 1.29 is 22.3 Å². The number of benzene rings is 2. The molecule has 0 spiro atoms. The number of carbonyl (C=O) groups excluding carboxylic acids is 1. The molecule has 7 heteroatoms. The number of ether oxygens (including phenoxy) is 1. The predicted molar refractivity (Wildman–Crippen MR) is 84.5 cm³/mol. The number of aryl methyl sites for hydroxylation is 2. The molecule has 0 amide bonds. The van der Waals surface area contributed by atoms with Crippen molar-refractivity contribution in [1.29, 1.82) is 0 Å². The fraction of sp³-hybridized carbons (Fsp3) is 0.188. The Balaban J connectivity index is 2.45. The number of esters is 1. The van der Waals surface area contributed by atoms with Crippen LogP contribution in [0.5, 0.6) is 0 Å². The van der Waals surface area contributed by atoms with Gasteiger partial charge in [-0.05, 0) is 49.2 Å². The summed E-state index contributed by atoms with van der Waals surface area (Å²) in [4.78, 5) is 11.4. The second-order valence-electron chi connectivity index (χ2n) is 5.06. The Kier molecular flexibility index (Phi) is 4.70. The lowest BCUT2D eigenvalue weighted by atomic mass is 10.1. The van der Waals surface area contributed by atoms with Gasteiger partial charge >= 0.3 is 5.97 Å². The molecule has 0 unspecified atom stereocenters. The van der Waals surface area contributed by atoms with E-state index < -0.39 is 21.8 Å². The van der Waals surface area contributed by atoms with E-state index in [9.17, 15) is 17.6 Å². The molecule has 5 nitrogen and oxygen atoms in total. The summed E-state index contributed by atoms with van der Waals surface area (Å²) in [5, 5.41) is 0. The third-order valence-electron chi connectivity index (χ3n) is 3.27. The zero-order chi connectivity index (χ0) is 17.2. The van der Waals surface area contributed by atoms with E-state index in [-0.39, 0.29) is 16.1 Å². The van der Waals surface area contributed by atoms with E-state index in [4.69, 9.17) is 0 Å². The van der Waals surface area contributed by atoms with Crippen molar-refractivity contribution in [2.75, 3.05) is 11.8 Å². The number of anilines is 1. The molecule has 0 atom stereocenters. The van der Waals surface area contributed by atoms with Crippen LogP contribution in [0.15, 0.2) is 41.3 Å². The maximum absolute atomic E-state index is 13.9. The summed E-state index contributed by atoms with van der Waals surface area (Å²) >= 11 is 0. The number of rotatable bonds is 4. The minimum Gasteiger partial charge on any atom is -0.465 e. The molecular formula is C16H16FNO4S. The fourth-order valence-electron chi connectivity index (χ4n) is 2.04. The average molecular weight is 337 g/mol. The van der Waals surface area contributed by atoms with Crippen LogP contribution in [0.4, 0.5) is 10.1 Å². The first-order valence-electron chi connectivity index (χ1n) is 6.72. The third-order valence-corrected chi connectivity index (χ3v) is 4.78. The van der Waals surface area contributed by atoms with Gasteiger partial charge in [0.15, 0.2) is 0 Å². The summed E-state index contributed by atoms with van der Waals surface area (Å²) in [6, 6.07) is 8.34. The van der Waals surface area contributed by atoms with Crippen molar-refractivity contribution in [2.24, 2.45) is 0 Å². The van der Waals surface area contributed by atoms with Gasteiger partial charge in [-0.15, -0.1) is 0 Å². The van der Waals surface area contributed by atoms with Gasteiger partial charge in [-0.1, -0.05) is 12.1 Å². The smallest absolute Gasteiger partial charge is 0.337 e. The van der Waals surface area contributed by atoms with Crippen molar-refractivity contribution in [3.05, 3.63) is 58.9 Å². The molecule has 2 rings (SSSR count). The van der Waals surface area contributed by atoms with E-state index in [1.165, 1.54) is 37.4 Å². The minimum atomic E-state index is -4.04. The zero-order valence-corrected chi connectivity index (χ0v) is 13.7. The number of sulfonamides is 1. The van der Waals surface area contributed by atoms with Crippen LogP contribution in [0.25, 0.3) is 0 Å². The second-order valence-corrected chi connectivity index (χ2v) is 6.71. The number of halogens is 1. The normalized spacial score (nSPS) is 11.1. The lowest BCUT2D eigenvalue weighted by molar-refractivity contribution is 0.0600. The topological polar surface area (TPSA) is 72.5 Å². The van der Waals surface area contributed by atoms with Gasteiger partial charge in [-0.3, -0.25) is 4.72 Å². The summed E-state index contributed by atoms with van der Waals surface area (Å²) < 4.78 is 45.6. The van der Waals surface area contributed by atoms with E-state index in [0.717, 1.165) is 0 Å². The Bertz CT molecular complexity index is 862. The van der Waals surface area contributed by atoms with Gasteiger partial charge < -0.3 is 4.74 Å². The van der Waals surface area contributed by atoms with E-state index >= 15 is 0 Å². The highest BCUT2D eigenvalue weighted by molar-refractivity contribution is 7.92. The van der Waals surface area contributed by atoms with E-state index in [1.54, 1.807) is 19.9 Å². The Hall–Kier alpha value is -2.41. The van der Waals surface area contributed by atoms with E-state index in [2.05, 4.69) is 9.46 Å². The lowest BCUT2D eigenvalue weighted by Crippen LogP contribution is -2.16. The zero-order valence-electron chi connectivity index (χ0n) is 12.9. The summed E-state index contributed by atoms with van der Waals surface area (Å²) in [5.41, 5.74) is 1.05. The molecule has 23 heavy (non-hydrogen) atoms. The molecule has 0 aliphatic heterocycles. The first kappa shape index (κ1) is 17.0. The van der Waals surface area contributed by atoms with Gasteiger partial charge in [-0.2, -0.15) is 0 Å². The van der Waals surface area contributed by atoms with E-state index in [1.807, 2.05) is 0 Å². The number of hydrogen-bond acceptors (Lipinski definition) is 4. The van der Waals surface area contributed by atoms with Gasteiger partial charge in [0, 0.05) is 0 Å². The SMILES string of the molecule is COC(=O)c1ccc(C)c(S(=O)(=O)Nc2ccc(C)cc2F)c1. The molecule has 0 radical (unpaired) electrons. The second kappa shape index (κ2) is 6.37. The number of methoxy groups -OCH3 is 1. The van der Waals surface area contributed by atoms with Crippen molar-refractivity contribution in [2.45, 2.75) is 18.7 Å². The predicted octanol–water partition coefficient (Wildman–Crippen LogP) is 3.03. The number of nitrogens with one attached hydrogen (secondary N) is 1. The third kappa shape index (κ3) is 3.68. The van der Waals surface area contributed by atoms with Crippen LogP contribution in [-0.2, 0) is 14.8 Å². The van der Waals surface area contributed by atoms with Crippen LogP contribution >= 0.6 is 0 Å². The maximum Gasteiger partial charge on any atom is 0.337 e. The lowest BCUT2D eigenvalue weighted by Gasteiger charge is -2.12. The molecule has 2 aromatic rings. The Morgan fingerprint density at radius 1 is 1.13 bits per heavy atom. The van der Waals surface area contributed by atoms with Crippen LogP contribution in [0.2, 0.25) is 0 Å². The summed E-state index contributed by atoms with van der Waals surface area (Å²) in [5.74, 6) is -1.32. The molecule has 0 aliphatic rings. The minimum absolute atomic E-state index is 0.0999. The highest BCUT2D eigenvalue weighted by Gasteiger charge is 2.20. The molecule has 2 aromatic carbocycles. The van der Waals surface area contributed by atoms with Crippen LogP contribution in [0, 0.1) is 19.7 Å². The largest absolute Gasteiger partial charge is 0.465 e. The van der Waals surface area contributed by atoms with Crippen molar-refractivity contribution in [3.63, 3.8) is 0 Å². The highest BCUT2D eigenvalue weighted by Crippen LogP contribution is 2.23. The monoisotopic (exact) mass is 337 g/mol. The summed E-state index contributed by atoms with van der Waals surface area (Å²) in [6.45, 7) is 3.28. The molecule has 0 aromatic heterocycles. The quantitative estimate of drug-likeness (QED) is 0.871. The molecule has 0 saturated heterocycles. The van der Waals surface area contributed by atoms with Crippen molar-refractivity contribution in [3.8, 4) is 0 Å². The number of carbonyl (C=O) groups is 1. The first-order valence-corrected chi connectivity index (χ1v) is 8.21. The maximum atomic E-state index is 13.9. The molecule has 0 saturated carbocycles. The molecule has 0 aliphatic carbocycles. The Morgan fingerprint density at radius 3 is 2.43 bits per heavy atom. The van der Waals surface area contributed by atoms with Gasteiger partial charge in [-0.25, -0.2) is 17.6 Å². The highest BCUT2D eigenvalue weighted by atomic mass is 32.2. The van der Waals surface area contributed by atoms with Gasteiger partial charge in [0.1, 0.15) is 5.82 Å². The van der Waals surface area contributed by atoms with Gasteiger partial charge in [0.05, 0.1) is 23.3 Å². The van der Waals surface area contributed by atoms with Crippen molar-refractivity contribution in [1.82, 2.24) is 0 Å². The molecule has 0 fully saturated rings. The molecule has 0 heterocycles. The van der Waals surface area contributed by atoms with Gasteiger partial charge in [0.2, 0.25) is 0 Å². The Morgan fingerprint density at radius 2 is 1.83 bits per heavy atom. The Labute approximate surface area is 134 Å². The van der Waals surface area contributed by atoms with Crippen LogP contribution in [-0.4, -0.2) is 21.5 Å². The van der Waals surface area contributed by atoms with Crippen LogP contribution in [0.3, 0.4) is 0 Å². The molecule has 1 N–H and O–H groups in total. The molecule has 122 valence electrons. The van der Waals surface area contributed by atoms with Gasteiger partial charge in [0.25, 0.3) is 10.0 Å². The van der Waals surface area contributed by atoms with Crippen molar-refractivity contribution >= 4 is 21.7 Å². The fourth-order valence-corrected chi connectivity index (χ4v) is 3.38. The average Bonchev–Trinajstić information content (AvgIpc) is 2.49. The van der Waals surface area contributed by atoms with Crippen LogP contribution < -0.4 is 4.72 Å². The first-order chi connectivity index (χ1) is 10.7. The number of hydrogen-bond donors (Lipinski definition) is 1. The van der Waals surface area contributed by atoms with E-state index in [0.29, 0.717) is 11.1 Å². The summed E-state index contributed by atoms with van der Waals surface area (Å²) in [6.07, 6.45) is 0. The molecular weight excluding hydrogens is 321 g/mol. The summed E-state index contributed by atoms with van der Waals surface area (Å²) in [7, 11) is -2.84. The standard InChI is InChI=1S/C16H16FNO4S/c1-10-4-7-14(13(17)8-10)18-23(20,21)15-9-12(16(19)22-3)6-5-11(15)2/h4-9,18H,1-3H3. The molecule has 0 bridgehead atoms. The van der Waals surface area contributed by atoms with Crippen LogP contribution in [0.1, 0.15) is 21.5 Å².